The number of rotatable bonds is 3. The van der Waals surface area contributed by atoms with Crippen molar-refractivity contribution >= 4 is 40.0 Å². The van der Waals surface area contributed by atoms with Gasteiger partial charge in [-0.25, -0.2) is 0 Å². The highest BCUT2D eigenvalue weighted by molar-refractivity contribution is 6.30. The summed E-state index contributed by atoms with van der Waals surface area (Å²) in [5.74, 6) is -0.250. The Kier molecular flexibility index (Phi) is 4.81. The number of piperidine rings is 1. The van der Waals surface area contributed by atoms with E-state index in [4.69, 9.17) is 11.6 Å². The third-order valence-electron chi connectivity index (χ3n) is 4.92. The number of benzene rings is 2. The molecule has 0 unspecified atom stereocenters. The van der Waals surface area contributed by atoms with Crippen LogP contribution in [0.25, 0.3) is 10.9 Å². The van der Waals surface area contributed by atoms with E-state index in [9.17, 15) is 9.59 Å². The predicted molar refractivity (Wildman–Crippen MR) is 105 cm³/mol. The van der Waals surface area contributed by atoms with Gasteiger partial charge in [-0.15, -0.1) is 0 Å². The van der Waals surface area contributed by atoms with Crippen LogP contribution in [0.3, 0.4) is 0 Å². The summed E-state index contributed by atoms with van der Waals surface area (Å²) in [5.41, 5.74) is 1.97. The van der Waals surface area contributed by atoms with Crippen LogP contribution in [-0.4, -0.2) is 40.0 Å². The molecule has 0 aliphatic carbocycles. The van der Waals surface area contributed by atoms with Gasteiger partial charge in [0, 0.05) is 35.1 Å². The van der Waals surface area contributed by atoms with Crippen LogP contribution in [-0.2, 0) is 4.79 Å². The molecule has 0 atom stereocenters. The van der Waals surface area contributed by atoms with Gasteiger partial charge < -0.3 is 10.2 Å². The topological polar surface area (TPSA) is 78.1 Å². The van der Waals surface area contributed by atoms with E-state index in [1.54, 1.807) is 23.1 Å². The molecule has 1 aliphatic rings. The number of likely N-dealkylation sites (tertiary alicyclic amines) is 1. The van der Waals surface area contributed by atoms with Crippen LogP contribution in [0.15, 0.2) is 48.5 Å². The van der Waals surface area contributed by atoms with Crippen LogP contribution < -0.4 is 5.32 Å². The number of H-pyrrole nitrogens is 1. The van der Waals surface area contributed by atoms with Crippen molar-refractivity contribution < 1.29 is 9.59 Å². The Hall–Kier alpha value is -2.86. The van der Waals surface area contributed by atoms with Crippen molar-refractivity contribution in [1.29, 1.82) is 0 Å². The van der Waals surface area contributed by atoms with Gasteiger partial charge in [-0.1, -0.05) is 35.9 Å². The van der Waals surface area contributed by atoms with E-state index >= 15 is 0 Å². The highest BCUT2D eigenvalue weighted by Crippen LogP contribution is 2.23. The molecular weight excluding hydrogens is 364 g/mol. The second kappa shape index (κ2) is 7.40. The van der Waals surface area contributed by atoms with Gasteiger partial charge in [-0.05, 0) is 37.1 Å². The van der Waals surface area contributed by atoms with Gasteiger partial charge in [0.05, 0.1) is 5.52 Å². The monoisotopic (exact) mass is 382 g/mol. The number of carbonyl (C=O) groups excluding carboxylic acids is 2. The zero-order valence-electron chi connectivity index (χ0n) is 14.6. The zero-order chi connectivity index (χ0) is 18.8. The summed E-state index contributed by atoms with van der Waals surface area (Å²) in [7, 11) is 0. The molecule has 1 fully saturated rings. The van der Waals surface area contributed by atoms with Crippen LogP contribution in [0.4, 0.5) is 5.69 Å². The van der Waals surface area contributed by atoms with Gasteiger partial charge in [0.25, 0.3) is 5.91 Å². The van der Waals surface area contributed by atoms with Gasteiger partial charge in [-0.2, -0.15) is 5.10 Å². The lowest BCUT2D eigenvalue weighted by Crippen LogP contribution is -2.41. The molecule has 1 saturated heterocycles. The fourth-order valence-electron chi connectivity index (χ4n) is 3.43. The number of nitrogens with zero attached hydrogens (tertiary/aromatic N) is 2. The Balaban J connectivity index is 1.38. The number of anilines is 1. The molecule has 3 aromatic rings. The molecule has 0 bridgehead atoms. The summed E-state index contributed by atoms with van der Waals surface area (Å²) in [6.45, 7) is 1.07. The molecule has 138 valence electrons. The third kappa shape index (κ3) is 3.66. The Morgan fingerprint density at radius 3 is 2.67 bits per heavy atom. The standard InChI is InChI=1S/C20H19ClN4O2/c21-14-4-3-5-15(12-14)22-19(26)13-8-10-25(11-9-13)20(27)18-16-6-1-2-7-17(16)23-24-18/h1-7,12-13H,8-11H2,(H,22,26)(H,23,24). The van der Waals surface area contributed by atoms with Crippen LogP contribution in [0.5, 0.6) is 0 Å². The summed E-state index contributed by atoms with van der Waals surface area (Å²) in [6, 6.07) is 14.7. The molecule has 2 aromatic carbocycles. The molecule has 4 rings (SSSR count). The minimum atomic E-state index is -0.121. The van der Waals surface area contributed by atoms with E-state index in [0.717, 1.165) is 10.9 Å². The first-order chi connectivity index (χ1) is 13.1. The SMILES string of the molecule is O=C(Nc1cccc(Cl)c1)C1CCN(C(=O)c2n[nH]c3ccccc23)CC1. The lowest BCUT2D eigenvalue weighted by molar-refractivity contribution is -0.121. The number of hydrogen-bond acceptors (Lipinski definition) is 3. The maximum atomic E-state index is 12.8. The average Bonchev–Trinajstić information content (AvgIpc) is 3.12. The molecule has 27 heavy (non-hydrogen) atoms. The quantitative estimate of drug-likeness (QED) is 0.724. The maximum Gasteiger partial charge on any atom is 0.274 e. The van der Waals surface area contributed by atoms with Crippen LogP contribution >= 0.6 is 11.6 Å². The minimum absolute atomic E-state index is 0.0328. The summed E-state index contributed by atoms with van der Waals surface area (Å²) >= 11 is 5.95. The van der Waals surface area contributed by atoms with Crippen molar-refractivity contribution in [3.8, 4) is 0 Å². The van der Waals surface area contributed by atoms with Crippen molar-refractivity contribution in [2.75, 3.05) is 18.4 Å². The molecule has 0 spiro atoms. The van der Waals surface area contributed by atoms with Gasteiger partial charge in [-0.3, -0.25) is 14.7 Å². The van der Waals surface area contributed by atoms with E-state index in [0.29, 0.717) is 42.3 Å². The van der Waals surface area contributed by atoms with E-state index < -0.39 is 0 Å². The Labute approximate surface area is 161 Å². The number of halogens is 1. The van der Waals surface area contributed by atoms with E-state index in [2.05, 4.69) is 15.5 Å². The van der Waals surface area contributed by atoms with Crippen LogP contribution in [0.1, 0.15) is 23.3 Å². The number of carbonyl (C=O) groups is 2. The second-order valence-electron chi connectivity index (χ2n) is 6.68. The number of para-hydroxylation sites is 1. The largest absolute Gasteiger partial charge is 0.337 e. The van der Waals surface area contributed by atoms with Gasteiger partial charge in [0.2, 0.25) is 5.91 Å². The summed E-state index contributed by atoms with van der Waals surface area (Å²) in [6.07, 6.45) is 1.25. The molecule has 0 saturated carbocycles. The average molecular weight is 383 g/mol. The molecule has 1 aromatic heterocycles. The Morgan fingerprint density at radius 1 is 1.11 bits per heavy atom. The molecule has 0 radical (unpaired) electrons. The second-order valence-corrected chi connectivity index (χ2v) is 7.12. The fourth-order valence-corrected chi connectivity index (χ4v) is 3.62. The molecular formula is C20H19ClN4O2. The van der Waals surface area contributed by atoms with Crippen molar-refractivity contribution in [2.45, 2.75) is 12.8 Å². The maximum absolute atomic E-state index is 12.8. The van der Waals surface area contributed by atoms with Crippen molar-refractivity contribution in [2.24, 2.45) is 5.92 Å². The Bertz CT molecular complexity index is 992. The zero-order valence-corrected chi connectivity index (χ0v) is 15.4. The normalized spacial score (nSPS) is 15.1. The number of fused-ring (bicyclic) bond motifs is 1. The number of amides is 2. The molecule has 7 heteroatoms. The summed E-state index contributed by atoms with van der Waals surface area (Å²) in [5, 5.41) is 11.4. The van der Waals surface area contributed by atoms with Crippen LogP contribution in [0, 0.1) is 5.92 Å². The highest BCUT2D eigenvalue weighted by atomic mass is 35.5. The molecule has 2 N–H and O–H groups in total. The van der Waals surface area contributed by atoms with Gasteiger partial charge in [0.15, 0.2) is 5.69 Å². The van der Waals surface area contributed by atoms with E-state index in [1.807, 2.05) is 30.3 Å². The fraction of sp³-hybridized carbons (Fsp3) is 0.250. The minimum Gasteiger partial charge on any atom is -0.337 e. The third-order valence-corrected chi connectivity index (χ3v) is 5.15. The molecule has 2 heterocycles. The number of hydrogen-bond donors (Lipinski definition) is 2. The number of aromatic nitrogens is 2. The predicted octanol–water partition coefficient (Wildman–Crippen LogP) is 3.71. The molecule has 1 aliphatic heterocycles. The summed E-state index contributed by atoms with van der Waals surface area (Å²) in [4.78, 5) is 27.1. The van der Waals surface area contributed by atoms with Crippen molar-refractivity contribution in [3.63, 3.8) is 0 Å². The van der Waals surface area contributed by atoms with Gasteiger partial charge >= 0.3 is 0 Å². The first-order valence-electron chi connectivity index (χ1n) is 8.90. The molecule has 2 amide bonds. The lowest BCUT2D eigenvalue weighted by atomic mass is 9.95. The van der Waals surface area contributed by atoms with E-state index in [-0.39, 0.29) is 17.7 Å². The summed E-state index contributed by atoms with van der Waals surface area (Å²) < 4.78 is 0. The number of nitrogens with one attached hydrogen (secondary N) is 2. The van der Waals surface area contributed by atoms with Gasteiger partial charge in [0.1, 0.15) is 0 Å². The van der Waals surface area contributed by atoms with Crippen LogP contribution in [0.2, 0.25) is 5.02 Å². The highest BCUT2D eigenvalue weighted by Gasteiger charge is 2.29. The van der Waals surface area contributed by atoms with Crippen molar-refractivity contribution in [1.82, 2.24) is 15.1 Å². The number of aromatic amines is 1. The first-order valence-corrected chi connectivity index (χ1v) is 9.28. The molecule has 6 nitrogen and oxygen atoms in total. The van der Waals surface area contributed by atoms with E-state index in [1.165, 1.54) is 0 Å². The first kappa shape index (κ1) is 17.5. The smallest absolute Gasteiger partial charge is 0.274 e. The lowest BCUT2D eigenvalue weighted by Gasteiger charge is -2.31. The Morgan fingerprint density at radius 2 is 1.89 bits per heavy atom. The van der Waals surface area contributed by atoms with Crippen molar-refractivity contribution in [3.05, 3.63) is 59.2 Å².